The Morgan fingerprint density at radius 1 is 1.13 bits per heavy atom. The molecule has 0 spiro atoms. The number of hydrogen-bond donors (Lipinski definition) is 0. The SMILES string of the molecule is C[C@H](c1ccccc1)c1ccncc1Br. The largest absolute Gasteiger partial charge is 0.264 e. The fraction of sp³-hybridized carbons (Fsp3) is 0.154. The summed E-state index contributed by atoms with van der Waals surface area (Å²) in [4.78, 5) is 4.07. The van der Waals surface area contributed by atoms with Gasteiger partial charge in [0.15, 0.2) is 0 Å². The number of rotatable bonds is 2. The third-order valence-electron chi connectivity index (χ3n) is 2.57. The third kappa shape index (κ3) is 2.26. The van der Waals surface area contributed by atoms with Gasteiger partial charge in [0.25, 0.3) is 0 Å². The van der Waals surface area contributed by atoms with Crippen LogP contribution in [-0.4, -0.2) is 4.98 Å². The summed E-state index contributed by atoms with van der Waals surface area (Å²) in [6.45, 7) is 2.20. The number of hydrogen-bond acceptors (Lipinski definition) is 1. The first kappa shape index (κ1) is 10.4. The highest BCUT2D eigenvalue weighted by Crippen LogP contribution is 2.28. The number of nitrogens with zero attached hydrogens (tertiary/aromatic N) is 1. The molecule has 0 aliphatic carbocycles. The van der Waals surface area contributed by atoms with Gasteiger partial charge in [-0.25, -0.2) is 0 Å². The lowest BCUT2D eigenvalue weighted by Crippen LogP contribution is -1.97. The van der Waals surface area contributed by atoms with Crippen LogP contribution in [0.1, 0.15) is 24.0 Å². The molecule has 0 amide bonds. The molecule has 1 aromatic heterocycles. The fourth-order valence-electron chi connectivity index (χ4n) is 1.66. The van der Waals surface area contributed by atoms with E-state index in [9.17, 15) is 0 Å². The Balaban J connectivity index is 2.37. The van der Waals surface area contributed by atoms with Gasteiger partial charge in [-0.1, -0.05) is 37.3 Å². The number of benzene rings is 1. The van der Waals surface area contributed by atoms with E-state index >= 15 is 0 Å². The molecule has 15 heavy (non-hydrogen) atoms. The van der Waals surface area contributed by atoms with E-state index in [0.717, 1.165) is 4.47 Å². The van der Waals surface area contributed by atoms with E-state index < -0.39 is 0 Å². The van der Waals surface area contributed by atoms with E-state index in [0.29, 0.717) is 5.92 Å². The Bertz CT molecular complexity index is 439. The lowest BCUT2D eigenvalue weighted by molar-refractivity contribution is 0.910. The quantitative estimate of drug-likeness (QED) is 0.797. The van der Waals surface area contributed by atoms with Crippen molar-refractivity contribution in [3.8, 4) is 0 Å². The molecular weight excluding hydrogens is 250 g/mol. The molecule has 0 N–H and O–H groups in total. The summed E-state index contributed by atoms with van der Waals surface area (Å²) in [7, 11) is 0. The minimum absolute atomic E-state index is 0.392. The van der Waals surface area contributed by atoms with E-state index in [4.69, 9.17) is 0 Å². The third-order valence-corrected chi connectivity index (χ3v) is 3.23. The molecule has 1 aromatic carbocycles. The van der Waals surface area contributed by atoms with Crippen LogP contribution in [0.2, 0.25) is 0 Å². The second-order valence-corrected chi connectivity index (χ2v) is 4.38. The van der Waals surface area contributed by atoms with Crippen molar-refractivity contribution in [2.75, 3.05) is 0 Å². The first-order chi connectivity index (χ1) is 7.29. The highest BCUT2D eigenvalue weighted by molar-refractivity contribution is 9.10. The minimum Gasteiger partial charge on any atom is -0.264 e. The van der Waals surface area contributed by atoms with Crippen LogP contribution >= 0.6 is 15.9 Å². The van der Waals surface area contributed by atoms with Gasteiger partial charge in [0, 0.05) is 22.8 Å². The molecule has 2 heteroatoms. The summed E-state index contributed by atoms with van der Waals surface area (Å²) < 4.78 is 1.07. The first-order valence-electron chi connectivity index (χ1n) is 4.93. The Morgan fingerprint density at radius 2 is 1.87 bits per heavy atom. The van der Waals surface area contributed by atoms with Gasteiger partial charge in [0.2, 0.25) is 0 Å². The van der Waals surface area contributed by atoms with Crippen LogP contribution in [0.4, 0.5) is 0 Å². The monoisotopic (exact) mass is 261 g/mol. The molecule has 0 aliphatic rings. The van der Waals surface area contributed by atoms with Crippen molar-refractivity contribution >= 4 is 15.9 Å². The standard InChI is InChI=1S/C13H12BrN/c1-10(11-5-3-2-4-6-11)12-7-8-15-9-13(12)14/h2-10H,1H3/t10-/m1/s1. The van der Waals surface area contributed by atoms with Gasteiger partial charge in [-0.2, -0.15) is 0 Å². The van der Waals surface area contributed by atoms with Gasteiger partial charge >= 0.3 is 0 Å². The van der Waals surface area contributed by atoms with E-state index in [1.165, 1.54) is 11.1 Å². The smallest absolute Gasteiger partial charge is 0.0413 e. The lowest BCUT2D eigenvalue weighted by Gasteiger charge is -2.13. The fourth-order valence-corrected chi connectivity index (χ4v) is 2.25. The van der Waals surface area contributed by atoms with Crippen LogP contribution < -0.4 is 0 Å². The van der Waals surface area contributed by atoms with Gasteiger partial charge < -0.3 is 0 Å². The zero-order valence-corrected chi connectivity index (χ0v) is 10.1. The Kier molecular flexibility index (Phi) is 3.17. The van der Waals surface area contributed by atoms with Crippen molar-refractivity contribution in [3.05, 3.63) is 64.4 Å². The maximum atomic E-state index is 4.07. The average Bonchev–Trinajstić information content (AvgIpc) is 2.30. The zero-order valence-electron chi connectivity index (χ0n) is 8.52. The van der Waals surface area contributed by atoms with Crippen LogP contribution in [0.15, 0.2) is 53.3 Å². The molecule has 1 atom stereocenters. The number of halogens is 1. The summed E-state index contributed by atoms with van der Waals surface area (Å²) >= 11 is 3.53. The van der Waals surface area contributed by atoms with Gasteiger partial charge in [0.1, 0.15) is 0 Å². The average molecular weight is 262 g/mol. The Hall–Kier alpha value is -1.15. The summed E-state index contributed by atoms with van der Waals surface area (Å²) in [5.41, 5.74) is 2.60. The summed E-state index contributed by atoms with van der Waals surface area (Å²) in [6.07, 6.45) is 3.67. The van der Waals surface area contributed by atoms with Gasteiger partial charge in [-0.3, -0.25) is 4.98 Å². The maximum Gasteiger partial charge on any atom is 0.0413 e. The highest BCUT2D eigenvalue weighted by atomic mass is 79.9. The molecule has 1 heterocycles. The van der Waals surface area contributed by atoms with Crippen LogP contribution in [0.3, 0.4) is 0 Å². The number of pyridine rings is 1. The maximum absolute atomic E-state index is 4.07. The summed E-state index contributed by atoms with van der Waals surface area (Å²) in [5, 5.41) is 0. The molecular formula is C13H12BrN. The van der Waals surface area contributed by atoms with Crippen LogP contribution in [0.25, 0.3) is 0 Å². The van der Waals surface area contributed by atoms with Crippen molar-refractivity contribution in [1.82, 2.24) is 4.98 Å². The summed E-state index contributed by atoms with van der Waals surface area (Å²) in [5.74, 6) is 0.392. The van der Waals surface area contributed by atoms with Crippen molar-refractivity contribution in [2.45, 2.75) is 12.8 Å². The molecule has 2 rings (SSSR count). The molecule has 0 unspecified atom stereocenters. The van der Waals surface area contributed by atoms with Crippen molar-refractivity contribution in [3.63, 3.8) is 0 Å². The second kappa shape index (κ2) is 4.58. The van der Waals surface area contributed by atoms with Crippen LogP contribution in [0, 0.1) is 0 Å². The predicted molar refractivity (Wildman–Crippen MR) is 65.9 cm³/mol. The van der Waals surface area contributed by atoms with E-state index in [1.807, 2.05) is 18.5 Å². The molecule has 0 saturated heterocycles. The molecule has 2 aromatic rings. The lowest BCUT2D eigenvalue weighted by atomic mass is 9.94. The van der Waals surface area contributed by atoms with E-state index in [1.54, 1.807) is 0 Å². The minimum atomic E-state index is 0.392. The predicted octanol–water partition coefficient (Wildman–Crippen LogP) is 4.00. The molecule has 1 nitrogen and oxygen atoms in total. The molecule has 0 saturated carbocycles. The van der Waals surface area contributed by atoms with Crippen molar-refractivity contribution in [2.24, 2.45) is 0 Å². The van der Waals surface area contributed by atoms with Gasteiger partial charge in [-0.15, -0.1) is 0 Å². The topological polar surface area (TPSA) is 12.9 Å². The number of aromatic nitrogens is 1. The van der Waals surface area contributed by atoms with Crippen molar-refractivity contribution in [1.29, 1.82) is 0 Å². The first-order valence-corrected chi connectivity index (χ1v) is 5.72. The zero-order chi connectivity index (χ0) is 10.7. The normalized spacial score (nSPS) is 12.4. The van der Waals surface area contributed by atoms with Crippen LogP contribution in [-0.2, 0) is 0 Å². The molecule has 0 aliphatic heterocycles. The van der Waals surface area contributed by atoms with Gasteiger partial charge in [0.05, 0.1) is 0 Å². The van der Waals surface area contributed by atoms with Crippen molar-refractivity contribution < 1.29 is 0 Å². The Morgan fingerprint density at radius 3 is 2.53 bits per heavy atom. The molecule has 0 bridgehead atoms. The highest BCUT2D eigenvalue weighted by Gasteiger charge is 2.10. The molecule has 0 fully saturated rings. The van der Waals surface area contributed by atoms with Crippen LogP contribution in [0.5, 0.6) is 0 Å². The summed E-state index contributed by atoms with van der Waals surface area (Å²) in [6, 6.07) is 12.5. The molecule has 0 radical (unpaired) electrons. The van der Waals surface area contributed by atoms with E-state index in [2.05, 4.69) is 58.2 Å². The van der Waals surface area contributed by atoms with E-state index in [-0.39, 0.29) is 0 Å². The molecule has 76 valence electrons. The van der Waals surface area contributed by atoms with Gasteiger partial charge in [-0.05, 0) is 33.1 Å². The second-order valence-electron chi connectivity index (χ2n) is 3.53. The Labute approximate surface area is 98.3 Å².